The Hall–Kier alpha value is -2.70. The molecule has 7 heteroatoms. The van der Waals surface area contributed by atoms with Crippen molar-refractivity contribution in [3.8, 4) is 5.82 Å². The lowest BCUT2D eigenvalue weighted by Crippen LogP contribution is -2.44. The molecule has 1 aliphatic heterocycles. The zero-order valence-corrected chi connectivity index (χ0v) is 13.0. The maximum atomic E-state index is 12.3. The maximum absolute atomic E-state index is 12.3. The SMILES string of the molecule is CC(=O)N1CCC[C@@H]1C(=O)NCc1ccnc(-n2cccn2)c1. The number of pyridine rings is 1. The molecule has 7 nitrogen and oxygen atoms in total. The molecule has 2 amide bonds. The molecule has 0 saturated carbocycles. The van der Waals surface area contributed by atoms with Crippen LogP contribution in [-0.2, 0) is 16.1 Å². The van der Waals surface area contributed by atoms with E-state index in [0.717, 1.165) is 18.4 Å². The van der Waals surface area contributed by atoms with Gasteiger partial charge in [-0.1, -0.05) is 0 Å². The van der Waals surface area contributed by atoms with E-state index >= 15 is 0 Å². The summed E-state index contributed by atoms with van der Waals surface area (Å²) < 4.78 is 1.67. The molecule has 1 N–H and O–H groups in total. The molecule has 3 heterocycles. The van der Waals surface area contributed by atoms with Crippen molar-refractivity contribution >= 4 is 11.8 Å². The summed E-state index contributed by atoms with van der Waals surface area (Å²) in [5.74, 6) is 0.552. The van der Waals surface area contributed by atoms with Gasteiger partial charge in [-0.25, -0.2) is 9.67 Å². The first kappa shape index (κ1) is 15.2. The Bertz CT molecular complexity index is 698. The monoisotopic (exact) mass is 313 g/mol. The minimum absolute atomic E-state index is 0.0486. The average molecular weight is 313 g/mol. The summed E-state index contributed by atoms with van der Waals surface area (Å²) >= 11 is 0. The molecule has 23 heavy (non-hydrogen) atoms. The summed E-state index contributed by atoms with van der Waals surface area (Å²) in [5, 5.41) is 7.05. The Balaban J connectivity index is 1.63. The van der Waals surface area contributed by atoms with Gasteiger partial charge in [0.05, 0.1) is 0 Å². The van der Waals surface area contributed by atoms with Crippen molar-refractivity contribution in [2.45, 2.75) is 32.4 Å². The molecule has 1 saturated heterocycles. The van der Waals surface area contributed by atoms with Gasteiger partial charge < -0.3 is 10.2 Å². The minimum atomic E-state index is -0.347. The third-order valence-corrected chi connectivity index (χ3v) is 3.98. The van der Waals surface area contributed by atoms with Crippen LogP contribution in [0.15, 0.2) is 36.8 Å². The standard InChI is InChI=1S/C16H19N5O2/c1-12(22)20-8-2-4-14(20)16(23)18-11-13-5-7-17-15(10-13)21-9-3-6-19-21/h3,5-7,9-10,14H,2,4,8,11H2,1H3,(H,18,23)/t14-/m1/s1. The number of likely N-dealkylation sites (tertiary alicyclic amines) is 1. The van der Waals surface area contributed by atoms with Crippen molar-refractivity contribution in [2.24, 2.45) is 0 Å². The zero-order valence-electron chi connectivity index (χ0n) is 13.0. The topological polar surface area (TPSA) is 80.1 Å². The fraction of sp³-hybridized carbons (Fsp3) is 0.375. The fourth-order valence-corrected chi connectivity index (χ4v) is 2.82. The second-order valence-corrected chi connectivity index (χ2v) is 5.56. The van der Waals surface area contributed by atoms with Crippen LogP contribution in [0.4, 0.5) is 0 Å². The van der Waals surface area contributed by atoms with Crippen molar-refractivity contribution in [1.29, 1.82) is 0 Å². The van der Waals surface area contributed by atoms with Gasteiger partial charge in [0.15, 0.2) is 5.82 Å². The molecule has 120 valence electrons. The summed E-state index contributed by atoms with van der Waals surface area (Å²) in [6, 6.07) is 5.21. The highest BCUT2D eigenvalue weighted by Crippen LogP contribution is 2.17. The van der Waals surface area contributed by atoms with Gasteiger partial charge in [-0.15, -0.1) is 0 Å². The normalized spacial score (nSPS) is 17.3. The molecule has 0 spiro atoms. The van der Waals surface area contributed by atoms with Gasteiger partial charge in [-0.05, 0) is 36.6 Å². The van der Waals surface area contributed by atoms with E-state index in [2.05, 4.69) is 15.4 Å². The highest BCUT2D eigenvalue weighted by atomic mass is 16.2. The summed E-state index contributed by atoms with van der Waals surface area (Å²) in [5.41, 5.74) is 0.936. The molecule has 0 aromatic carbocycles. The van der Waals surface area contributed by atoms with Crippen LogP contribution in [0.3, 0.4) is 0 Å². The molecule has 0 radical (unpaired) electrons. The van der Waals surface area contributed by atoms with Gasteiger partial charge in [0.25, 0.3) is 0 Å². The van der Waals surface area contributed by atoms with Crippen molar-refractivity contribution in [1.82, 2.24) is 25.0 Å². The average Bonchev–Trinajstić information content (AvgIpc) is 3.23. The third kappa shape index (κ3) is 3.39. The number of carbonyl (C=O) groups is 2. The molecule has 3 rings (SSSR count). The van der Waals surface area contributed by atoms with Gasteiger partial charge >= 0.3 is 0 Å². The Morgan fingerprint density at radius 3 is 3.00 bits per heavy atom. The van der Waals surface area contributed by atoms with Crippen molar-refractivity contribution in [3.63, 3.8) is 0 Å². The van der Waals surface area contributed by atoms with E-state index in [0.29, 0.717) is 18.9 Å². The number of carbonyl (C=O) groups excluding carboxylic acids is 2. The van der Waals surface area contributed by atoms with Crippen molar-refractivity contribution in [2.75, 3.05) is 6.54 Å². The first-order valence-corrected chi connectivity index (χ1v) is 7.65. The van der Waals surface area contributed by atoms with E-state index in [4.69, 9.17) is 0 Å². The van der Waals surface area contributed by atoms with Crippen LogP contribution in [0.2, 0.25) is 0 Å². The minimum Gasteiger partial charge on any atom is -0.350 e. The summed E-state index contributed by atoms with van der Waals surface area (Å²) in [6.07, 6.45) is 6.78. The lowest BCUT2D eigenvalue weighted by Gasteiger charge is -2.22. The first-order valence-electron chi connectivity index (χ1n) is 7.65. The predicted molar refractivity (Wildman–Crippen MR) is 83.6 cm³/mol. The zero-order chi connectivity index (χ0) is 16.2. The van der Waals surface area contributed by atoms with Crippen molar-refractivity contribution in [3.05, 3.63) is 42.4 Å². The molecule has 1 fully saturated rings. The third-order valence-electron chi connectivity index (χ3n) is 3.98. The van der Waals surface area contributed by atoms with E-state index in [1.165, 1.54) is 6.92 Å². The second kappa shape index (κ2) is 6.60. The van der Waals surface area contributed by atoms with Gasteiger partial charge in [-0.3, -0.25) is 9.59 Å². The highest BCUT2D eigenvalue weighted by molar-refractivity contribution is 5.87. The number of hydrogen-bond donors (Lipinski definition) is 1. The second-order valence-electron chi connectivity index (χ2n) is 5.56. The van der Waals surface area contributed by atoms with Crippen LogP contribution in [0.5, 0.6) is 0 Å². The van der Waals surface area contributed by atoms with E-state index in [9.17, 15) is 9.59 Å². The highest BCUT2D eigenvalue weighted by Gasteiger charge is 2.31. The quantitative estimate of drug-likeness (QED) is 0.909. The molecule has 2 aromatic heterocycles. The maximum Gasteiger partial charge on any atom is 0.243 e. The first-order chi connectivity index (χ1) is 11.1. The van der Waals surface area contributed by atoms with E-state index in [1.54, 1.807) is 22.0 Å². The lowest BCUT2D eigenvalue weighted by molar-refractivity contribution is -0.136. The van der Waals surface area contributed by atoms with E-state index in [-0.39, 0.29) is 17.9 Å². The van der Waals surface area contributed by atoms with Crippen LogP contribution in [0.1, 0.15) is 25.3 Å². The van der Waals surface area contributed by atoms with Gasteiger partial charge in [0.1, 0.15) is 6.04 Å². The van der Waals surface area contributed by atoms with Crippen LogP contribution in [0, 0.1) is 0 Å². The van der Waals surface area contributed by atoms with Crippen LogP contribution in [0.25, 0.3) is 5.82 Å². The van der Waals surface area contributed by atoms with Crippen LogP contribution < -0.4 is 5.32 Å². The smallest absolute Gasteiger partial charge is 0.243 e. The summed E-state index contributed by atoms with van der Waals surface area (Å²) in [7, 11) is 0. The molecule has 0 unspecified atom stereocenters. The summed E-state index contributed by atoms with van der Waals surface area (Å²) in [6.45, 7) is 2.56. The Labute approximate surface area is 134 Å². The Morgan fingerprint density at radius 2 is 2.26 bits per heavy atom. The van der Waals surface area contributed by atoms with E-state index in [1.807, 2.05) is 24.4 Å². The lowest BCUT2D eigenvalue weighted by atomic mass is 10.2. The van der Waals surface area contributed by atoms with Gasteiger partial charge in [-0.2, -0.15) is 5.10 Å². The Morgan fingerprint density at radius 1 is 1.39 bits per heavy atom. The molecule has 2 aromatic rings. The number of rotatable bonds is 4. The molecular weight excluding hydrogens is 294 g/mol. The Kier molecular flexibility index (Phi) is 4.36. The number of aromatic nitrogens is 3. The number of nitrogens with zero attached hydrogens (tertiary/aromatic N) is 4. The number of nitrogens with one attached hydrogen (secondary N) is 1. The summed E-state index contributed by atoms with van der Waals surface area (Å²) in [4.78, 5) is 29.7. The molecule has 1 atom stereocenters. The predicted octanol–water partition coefficient (Wildman–Crippen LogP) is 0.894. The van der Waals surface area contributed by atoms with Gasteiger partial charge in [0.2, 0.25) is 11.8 Å². The molecule has 1 aliphatic rings. The number of amides is 2. The van der Waals surface area contributed by atoms with Crippen LogP contribution in [-0.4, -0.2) is 44.1 Å². The largest absolute Gasteiger partial charge is 0.350 e. The van der Waals surface area contributed by atoms with Crippen LogP contribution >= 0.6 is 0 Å². The molecule has 0 bridgehead atoms. The number of hydrogen-bond acceptors (Lipinski definition) is 4. The fourth-order valence-electron chi connectivity index (χ4n) is 2.82. The molecular formula is C16H19N5O2. The van der Waals surface area contributed by atoms with Gasteiger partial charge in [0, 0.05) is 38.6 Å². The molecule has 0 aliphatic carbocycles. The van der Waals surface area contributed by atoms with Crippen molar-refractivity contribution < 1.29 is 9.59 Å². The van der Waals surface area contributed by atoms with E-state index < -0.39 is 0 Å².